The Balaban J connectivity index is 1.88. The van der Waals surface area contributed by atoms with Gasteiger partial charge in [0.05, 0.1) is 19.0 Å². The zero-order valence-corrected chi connectivity index (χ0v) is 11.9. The van der Waals surface area contributed by atoms with Crippen molar-refractivity contribution in [3.63, 3.8) is 0 Å². The topological polar surface area (TPSA) is 56.1 Å². The summed E-state index contributed by atoms with van der Waals surface area (Å²) in [5, 5.41) is 7.63. The molecule has 1 aromatic heterocycles. The van der Waals surface area contributed by atoms with E-state index in [1.807, 2.05) is 36.7 Å². The van der Waals surface area contributed by atoms with Crippen molar-refractivity contribution in [3.8, 4) is 5.69 Å². The van der Waals surface area contributed by atoms with Gasteiger partial charge in [0.1, 0.15) is 0 Å². The summed E-state index contributed by atoms with van der Waals surface area (Å²) in [5.41, 5.74) is 2.04. The van der Waals surface area contributed by atoms with Gasteiger partial charge in [0.25, 0.3) is 0 Å². The lowest BCUT2D eigenvalue weighted by atomic mass is 10.2. The summed E-state index contributed by atoms with van der Waals surface area (Å²) in [5.74, 6) is 0. The summed E-state index contributed by atoms with van der Waals surface area (Å²) < 4.78 is 6.28. The molecule has 2 aromatic rings. The molecule has 1 N–H and O–H groups in total. The molecule has 1 heterocycles. The van der Waals surface area contributed by atoms with Crippen molar-refractivity contribution in [3.05, 3.63) is 47.2 Å². The first-order valence-corrected chi connectivity index (χ1v) is 6.68. The summed E-state index contributed by atoms with van der Waals surface area (Å²) in [6, 6.07) is 7.52. The van der Waals surface area contributed by atoms with Crippen LogP contribution in [0.3, 0.4) is 0 Å². The van der Waals surface area contributed by atoms with E-state index in [2.05, 4.69) is 15.2 Å². The maximum atomic E-state index is 10.9. The van der Waals surface area contributed by atoms with Crippen molar-refractivity contribution in [2.24, 2.45) is 0 Å². The molecule has 0 unspecified atom stereocenters. The standard InChI is InChI=1S/C14H16ClN3O2/c1-20-14(19)16-7-3-4-11-9-17-18(10-11)13-6-2-5-12(15)8-13/h2,5-6,8-10H,3-4,7H2,1H3,(H,16,19). The van der Waals surface area contributed by atoms with E-state index in [1.165, 1.54) is 7.11 Å². The number of ether oxygens (including phenoxy) is 1. The second-order valence-electron chi connectivity index (χ2n) is 4.29. The van der Waals surface area contributed by atoms with Crippen molar-refractivity contribution < 1.29 is 9.53 Å². The van der Waals surface area contributed by atoms with Crippen LogP contribution in [0.2, 0.25) is 5.02 Å². The second-order valence-corrected chi connectivity index (χ2v) is 4.73. The highest BCUT2D eigenvalue weighted by molar-refractivity contribution is 6.30. The first-order chi connectivity index (χ1) is 9.69. The minimum Gasteiger partial charge on any atom is -0.453 e. The average molecular weight is 294 g/mol. The molecule has 0 saturated carbocycles. The van der Waals surface area contributed by atoms with E-state index in [1.54, 1.807) is 4.68 Å². The van der Waals surface area contributed by atoms with Crippen LogP contribution in [0.1, 0.15) is 12.0 Å². The molecule has 0 radical (unpaired) electrons. The maximum Gasteiger partial charge on any atom is 0.406 e. The SMILES string of the molecule is COC(=O)NCCCc1cnn(-c2cccc(Cl)c2)c1. The Bertz CT molecular complexity index is 583. The van der Waals surface area contributed by atoms with E-state index in [-0.39, 0.29) is 0 Å². The van der Waals surface area contributed by atoms with Crippen molar-refractivity contribution in [1.29, 1.82) is 0 Å². The number of hydrogen-bond donors (Lipinski definition) is 1. The van der Waals surface area contributed by atoms with Gasteiger partial charge in [0.15, 0.2) is 0 Å². The van der Waals surface area contributed by atoms with Crippen LogP contribution in [0, 0.1) is 0 Å². The zero-order chi connectivity index (χ0) is 14.4. The van der Waals surface area contributed by atoms with Crippen LogP contribution in [0.25, 0.3) is 5.69 Å². The first kappa shape index (κ1) is 14.4. The first-order valence-electron chi connectivity index (χ1n) is 6.30. The summed E-state index contributed by atoms with van der Waals surface area (Å²) in [6.45, 7) is 0.578. The number of rotatable bonds is 5. The van der Waals surface area contributed by atoms with Crippen LogP contribution in [0.15, 0.2) is 36.7 Å². The number of benzene rings is 1. The number of nitrogens with zero attached hydrogens (tertiary/aromatic N) is 2. The molecule has 0 bridgehead atoms. The minimum atomic E-state index is -0.403. The third-order valence-electron chi connectivity index (χ3n) is 2.81. The van der Waals surface area contributed by atoms with Crippen LogP contribution in [0.4, 0.5) is 4.79 Å². The number of hydrogen-bond acceptors (Lipinski definition) is 3. The lowest BCUT2D eigenvalue weighted by Crippen LogP contribution is -2.24. The number of methoxy groups -OCH3 is 1. The van der Waals surface area contributed by atoms with Gasteiger partial charge in [-0.05, 0) is 36.6 Å². The molecule has 0 aliphatic carbocycles. The molecule has 1 amide bonds. The Kier molecular flexibility index (Phi) is 5.01. The van der Waals surface area contributed by atoms with E-state index in [0.717, 1.165) is 24.1 Å². The number of alkyl carbamates (subject to hydrolysis) is 1. The molecule has 2 rings (SSSR count). The number of carbonyl (C=O) groups excluding carboxylic acids is 1. The highest BCUT2D eigenvalue weighted by Crippen LogP contribution is 2.15. The smallest absolute Gasteiger partial charge is 0.406 e. The van der Waals surface area contributed by atoms with Crippen molar-refractivity contribution in [1.82, 2.24) is 15.1 Å². The van der Waals surface area contributed by atoms with Gasteiger partial charge in [-0.15, -0.1) is 0 Å². The summed E-state index contributed by atoms with van der Waals surface area (Å²) >= 11 is 5.95. The highest BCUT2D eigenvalue weighted by atomic mass is 35.5. The van der Waals surface area contributed by atoms with Crippen LogP contribution in [0.5, 0.6) is 0 Å². The molecule has 0 aliphatic heterocycles. The fourth-order valence-electron chi connectivity index (χ4n) is 1.80. The Morgan fingerprint density at radius 1 is 1.50 bits per heavy atom. The predicted octanol–water partition coefficient (Wildman–Crippen LogP) is 2.81. The Morgan fingerprint density at radius 2 is 2.35 bits per heavy atom. The number of halogens is 1. The highest BCUT2D eigenvalue weighted by Gasteiger charge is 2.02. The molecule has 106 valence electrons. The monoisotopic (exact) mass is 293 g/mol. The molecule has 0 saturated heterocycles. The summed E-state index contributed by atoms with van der Waals surface area (Å²) in [6.07, 6.45) is 5.05. The van der Waals surface area contributed by atoms with Gasteiger partial charge in [0, 0.05) is 17.8 Å². The van der Waals surface area contributed by atoms with Crippen LogP contribution >= 0.6 is 11.6 Å². The van der Waals surface area contributed by atoms with Gasteiger partial charge in [0.2, 0.25) is 0 Å². The molecular weight excluding hydrogens is 278 g/mol. The lowest BCUT2D eigenvalue weighted by Gasteiger charge is -2.02. The Hall–Kier alpha value is -2.01. The number of nitrogens with one attached hydrogen (secondary N) is 1. The molecule has 0 spiro atoms. The largest absolute Gasteiger partial charge is 0.453 e. The van der Waals surface area contributed by atoms with Crippen LogP contribution in [-0.2, 0) is 11.2 Å². The Morgan fingerprint density at radius 3 is 3.10 bits per heavy atom. The zero-order valence-electron chi connectivity index (χ0n) is 11.2. The molecule has 1 aromatic carbocycles. The van der Waals surface area contributed by atoms with E-state index < -0.39 is 6.09 Å². The number of aromatic nitrogens is 2. The van der Waals surface area contributed by atoms with Gasteiger partial charge in [-0.25, -0.2) is 9.48 Å². The van der Waals surface area contributed by atoms with E-state index in [9.17, 15) is 4.79 Å². The van der Waals surface area contributed by atoms with Gasteiger partial charge in [-0.1, -0.05) is 17.7 Å². The third kappa shape index (κ3) is 3.99. The van der Waals surface area contributed by atoms with E-state index in [4.69, 9.17) is 11.6 Å². The van der Waals surface area contributed by atoms with Gasteiger partial charge in [-0.2, -0.15) is 5.10 Å². The van der Waals surface area contributed by atoms with E-state index in [0.29, 0.717) is 11.6 Å². The van der Waals surface area contributed by atoms with Crippen molar-refractivity contribution in [2.75, 3.05) is 13.7 Å². The van der Waals surface area contributed by atoms with Crippen molar-refractivity contribution in [2.45, 2.75) is 12.8 Å². The average Bonchev–Trinajstić information content (AvgIpc) is 2.92. The van der Waals surface area contributed by atoms with Gasteiger partial charge < -0.3 is 10.1 Å². The fourth-order valence-corrected chi connectivity index (χ4v) is 1.99. The Labute approximate surface area is 122 Å². The summed E-state index contributed by atoms with van der Waals surface area (Å²) in [7, 11) is 1.35. The third-order valence-corrected chi connectivity index (χ3v) is 3.04. The predicted molar refractivity (Wildman–Crippen MR) is 77.3 cm³/mol. The molecule has 5 nitrogen and oxygen atoms in total. The minimum absolute atomic E-state index is 0.403. The normalized spacial score (nSPS) is 10.3. The molecule has 6 heteroatoms. The molecule has 0 fully saturated rings. The van der Waals surface area contributed by atoms with Crippen molar-refractivity contribution >= 4 is 17.7 Å². The summed E-state index contributed by atoms with van der Waals surface area (Å²) in [4.78, 5) is 10.9. The fraction of sp³-hybridized carbons (Fsp3) is 0.286. The lowest BCUT2D eigenvalue weighted by molar-refractivity contribution is 0.171. The van der Waals surface area contributed by atoms with Crippen LogP contribution in [-0.4, -0.2) is 29.5 Å². The second kappa shape index (κ2) is 6.96. The van der Waals surface area contributed by atoms with Crippen LogP contribution < -0.4 is 5.32 Å². The number of aryl methyl sites for hydroxylation is 1. The quantitative estimate of drug-likeness (QED) is 0.863. The number of carbonyl (C=O) groups is 1. The molecule has 0 atom stereocenters. The molecule has 0 aliphatic rings. The number of amides is 1. The molecular formula is C14H16ClN3O2. The molecule has 20 heavy (non-hydrogen) atoms. The van der Waals surface area contributed by atoms with Gasteiger partial charge in [-0.3, -0.25) is 0 Å². The maximum absolute atomic E-state index is 10.9. The van der Waals surface area contributed by atoms with E-state index >= 15 is 0 Å². The van der Waals surface area contributed by atoms with Gasteiger partial charge >= 0.3 is 6.09 Å².